The van der Waals surface area contributed by atoms with Gasteiger partial charge >= 0.3 is 0 Å². The van der Waals surface area contributed by atoms with Crippen LogP contribution >= 0.6 is 12.4 Å². The summed E-state index contributed by atoms with van der Waals surface area (Å²) in [5, 5.41) is 3.57. The largest absolute Gasteiger partial charge is 0.314 e. The maximum absolute atomic E-state index is 12.3. The van der Waals surface area contributed by atoms with Gasteiger partial charge in [-0.3, -0.25) is 0 Å². The number of hydrogen-bond donors (Lipinski definition) is 1. The van der Waals surface area contributed by atoms with E-state index < -0.39 is 10.2 Å². The van der Waals surface area contributed by atoms with E-state index in [1.54, 1.807) is 11.4 Å². The second kappa shape index (κ2) is 7.94. The highest BCUT2D eigenvalue weighted by Gasteiger charge is 2.31. The molecule has 0 bridgehead atoms. The van der Waals surface area contributed by atoms with Crippen molar-refractivity contribution in [3.63, 3.8) is 0 Å². The lowest BCUT2D eigenvalue weighted by molar-refractivity contribution is 0.271. The summed E-state index contributed by atoms with van der Waals surface area (Å²) in [6.45, 7) is 5.02. The zero-order valence-corrected chi connectivity index (χ0v) is 14.2. The van der Waals surface area contributed by atoms with Crippen LogP contribution in [-0.4, -0.2) is 56.3 Å². The molecule has 0 aromatic rings. The number of piperidine rings is 1. The Morgan fingerprint density at radius 3 is 2.30 bits per heavy atom. The molecule has 7 heteroatoms. The maximum Gasteiger partial charge on any atom is 0.281 e. The number of nitrogens with zero attached hydrogens (tertiary/aromatic N) is 2. The molecule has 1 aliphatic heterocycles. The average Bonchev–Trinajstić information content (AvgIpc) is 3.21. The normalized spacial score (nSPS) is 21.9. The second-order valence-electron chi connectivity index (χ2n) is 5.85. The summed E-state index contributed by atoms with van der Waals surface area (Å²) in [6.07, 6.45) is 5.46. The molecule has 1 saturated carbocycles. The van der Waals surface area contributed by atoms with Gasteiger partial charge in [-0.05, 0) is 44.6 Å². The van der Waals surface area contributed by atoms with Crippen molar-refractivity contribution in [1.82, 2.24) is 13.9 Å². The van der Waals surface area contributed by atoms with Crippen molar-refractivity contribution in [2.75, 3.05) is 33.2 Å². The number of nitrogens with one attached hydrogen (secondary N) is 1. The van der Waals surface area contributed by atoms with Crippen LogP contribution in [0.5, 0.6) is 0 Å². The quantitative estimate of drug-likeness (QED) is 0.771. The second-order valence-corrected chi connectivity index (χ2v) is 7.89. The number of hydrogen-bond acceptors (Lipinski definition) is 3. The summed E-state index contributed by atoms with van der Waals surface area (Å²) >= 11 is 0. The van der Waals surface area contributed by atoms with E-state index in [9.17, 15) is 8.42 Å². The van der Waals surface area contributed by atoms with Gasteiger partial charge in [0.1, 0.15) is 0 Å². The first-order valence-corrected chi connectivity index (χ1v) is 8.88. The van der Waals surface area contributed by atoms with Gasteiger partial charge in [-0.1, -0.05) is 6.92 Å². The predicted molar refractivity (Wildman–Crippen MR) is 84.4 cm³/mol. The third-order valence-electron chi connectivity index (χ3n) is 4.10. The molecule has 1 aliphatic carbocycles. The lowest BCUT2D eigenvalue weighted by atomic mass is 10.1. The van der Waals surface area contributed by atoms with E-state index in [0.717, 1.165) is 31.7 Å². The lowest BCUT2D eigenvalue weighted by Gasteiger charge is -2.34. The third kappa shape index (κ3) is 4.84. The SMILES string of the molecule is CCCN(C)S(=O)(=O)N1CCC(NCC2CC2)CC1.Cl. The minimum atomic E-state index is -3.23. The Morgan fingerprint density at radius 1 is 1.20 bits per heavy atom. The van der Waals surface area contributed by atoms with Crippen LogP contribution in [-0.2, 0) is 10.2 Å². The Kier molecular flexibility index (Phi) is 7.21. The minimum absolute atomic E-state index is 0. The van der Waals surface area contributed by atoms with Crippen LogP contribution in [0, 0.1) is 5.92 Å². The van der Waals surface area contributed by atoms with E-state index in [4.69, 9.17) is 0 Å². The molecule has 0 radical (unpaired) electrons. The van der Waals surface area contributed by atoms with E-state index in [-0.39, 0.29) is 12.4 Å². The molecule has 1 saturated heterocycles. The van der Waals surface area contributed by atoms with Gasteiger partial charge < -0.3 is 5.32 Å². The van der Waals surface area contributed by atoms with Crippen LogP contribution < -0.4 is 5.32 Å². The molecular formula is C13H28ClN3O2S. The van der Waals surface area contributed by atoms with Gasteiger partial charge in [-0.2, -0.15) is 17.0 Å². The molecule has 1 N–H and O–H groups in total. The first-order chi connectivity index (χ1) is 9.04. The van der Waals surface area contributed by atoms with Gasteiger partial charge in [0, 0.05) is 32.7 Å². The van der Waals surface area contributed by atoms with E-state index in [1.165, 1.54) is 17.1 Å². The van der Waals surface area contributed by atoms with Crippen LogP contribution in [0.1, 0.15) is 39.0 Å². The van der Waals surface area contributed by atoms with Gasteiger partial charge in [0.05, 0.1) is 0 Å². The fourth-order valence-corrected chi connectivity index (χ4v) is 4.05. The summed E-state index contributed by atoms with van der Waals surface area (Å²) in [4.78, 5) is 0. The summed E-state index contributed by atoms with van der Waals surface area (Å²) < 4.78 is 27.7. The lowest BCUT2D eigenvalue weighted by Crippen LogP contribution is -2.49. The highest BCUT2D eigenvalue weighted by molar-refractivity contribution is 7.86. The van der Waals surface area contributed by atoms with Crippen LogP contribution in [0.25, 0.3) is 0 Å². The molecule has 0 spiro atoms. The highest BCUT2D eigenvalue weighted by Crippen LogP contribution is 2.28. The minimum Gasteiger partial charge on any atom is -0.314 e. The molecule has 2 rings (SSSR count). The van der Waals surface area contributed by atoms with Crippen LogP contribution in [0.3, 0.4) is 0 Å². The molecule has 120 valence electrons. The van der Waals surface area contributed by atoms with Crippen molar-refractivity contribution >= 4 is 22.6 Å². The van der Waals surface area contributed by atoms with Crippen molar-refractivity contribution < 1.29 is 8.42 Å². The molecule has 2 fully saturated rings. The van der Waals surface area contributed by atoms with Crippen molar-refractivity contribution in [1.29, 1.82) is 0 Å². The molecule has 0 amide bonds. The summed E-state index contributed by atoms with van der Waals surface area (Å²) in [7, 11) is -1.55. The predicted octanol–water partition coefficient (Wildman–Crippen LogP) is 1.46. The van der Waals surface area contributed by atoms with Crippen molar-refractivity contribution in [2.24, 2.45) is 5.92 Å². The standard InChI is InChI=1S/C13H27N3O2S.ClH/c1-3-8-15(2)19(17,18)16-9-6-13(7-10-16)14-11-12-4-5-12;/h12-14H,3-11H2,1-2H3;1H. The number of halogens is 1. The molecule has 0 aromatic carbocycles. The zero-order chi connectivity index (χ0) is 13.9. The first-order valence-electron chi connectivity index (χ1n) is 7.48. The summed E-state index contributed by atoms with van der Waals surface area (Å²) in [5.41, 5.74) is 0. The Morgan fingerprint density at radius 2 is 1.80 bits per heavy atom. The Balaban J connectivity index is 0.00000200. The molecule has 20 heavy (non-hydrogen) atoms. The van der Waals surface area contributed by atoms with E-state index in [2.05, 4.69) is 5.32 Å². The average molecular weight is 326 g/mol. The molecular weight excluding hydrogens is 298 g/mol. The van der Waals surface area contributed by atoms with Crippen molar-refractivity contribution in [3.05, 3.63) is 0 Å². The third-order valence-corrected chi connectivity index (χ3v) is 6.09. The summed E-state index contributed by atoms with van der Waals surface area (Å²) in [6, 6.07) is 0.503. The monoisotopic (exact) mass is 325 g/mol. The van der Waals surface area contributed by atoms with Gasteiger partial charge in [0.15, 0.2) is 0 Å². The van der Waals surface area contributed by atoms with Crippen molar-refractivity contribution in [3.8, 4) is 0 Å². The van der Waals surface area contributed by atoms with Crippen molar-refractivity contribution in [2.45, 2.75) is 45.1 Å². The summed E-state index contributed by atoms with van der Waals surface area (Å²) in [5.74, 6) is 0.887. The Labute approximate surface area is 129 Å². The molecule has 0 unspecified atom stereocenters. The molecule has 0 atom stereocenters. The zero-order valence-electron chi connectivity index (χ0n) is 12.5. The van der Waals surface area contributed by atoms with E-state index in [1.807, 2.05) is 6.92 Å². The fourth-order valence-electron chi connectivity index (χ4n) is 2.57. The van der Waals surface area contributed by atoms with Gasteiger partial charge in [0.2, 0.25) is 0 Å². The first kappa shape index (κ1) is 18.2. The Hall–Kier alpha value is 0.120. The van der Waals surface area contributed by atoms with E-state index >= 15 is 0 Å². The maximum atomic E-state index is 12.3. The van der Waals surface area contributed by atoms with Crippen LogP contribution in [0.15, 0.2) is 0 Å². The topological polar surface area (TPSA) is 52.7 Å². The van der Waals surface area contributed by atoms with E-state index in [0.29, 0.717) is 25.7 Å². The van der Waals surface area contributed by atoms with Crippen LogP contribution in [0.2, 0.25) is 0 Å². The molecule has 2 aliphatic rings. The smallest absolute Gasteiger partial charge is 0.281 e. The Bertz CT molecular complexity index is 379. The molecule has 5 nitrogen and oxygen atoms in total. The van der Waals surface area contributed by atoms with Gasteiger partial charge in [0.25, 0.3) is 10.2 Å². The highest BCUT2D eigenvalue weighted by atomic mass is 35.5. The molecule has 1 heterocycles. The fraction of sp³-hybridized carbons (Fsp3) is 1.00. The number of rotatable bonds is 7. The molecule has 0 aromatic heterocycles. The van der Waals surface area contributed by atoms with Gasteiger partial charge in [-0.15, -0.1) is 12.4 Å². The van der Waals surface area contributed by atoms with Gasteiger partial charge in [-0.25, -0.2) is 0 Å². The van der Waals surface area contributed by atoms with Crippen LogP contribution in [0.4, 0.5) is 0 Å².